The molecule has 8 heteroatoms. The minimum atomic E-state index is -3.55. The van der Waals surface area contributed by atoms with Crippen LogP contribution in [0.15, 0.2) is 52.2 Å². The summed E-state index contributed by atoms with van der Waals surface area (Å²) in [5.41, 5.74) is 1.48. The molecule has 0 aliphatic carbocycles. The van der Waals surface area contributed by atoms with Crippen LogP contribution >= 0.6 is 0 Å². The lowest BCUT2D eigenvalue weighted by atomic mass is 10.2. The van der Waals surface area contributed by atoms with Crippen LogP contribution in [-0.2, 0) is 23.5 Å². The van der Waals surface area contributed by atoms with Gasteiger partial charge in [-0.1, -0.05) is 12.1 Å². The average molecular weight is 346 g/mol. The summed E-state index contributed by atoms with van der Waals surface area (Å²) >= 11 is 0. The maximum atomic E-state index is 12.3. The Bertz CT molecular complexity index is 926. The van der Waals surface area contributed by atoms with Crippen molar-refractivity contribution in [1.82, 2.24) is 19.3 Å². The van der Waals surface area contributed by atoms with Crippen molar-refractivity contribution >= 4 is 10.0 Å². The van der Waals surface area contributed by atoms with Gasteiger partial charge in [0, 0.05) is 44.9 Å². The van der Waals surface area contributed by atoms with E-state index in [-0.39, 0.29) is 11.4 Å². The fourth-order valence-corrected chi connectivity index (χ4v) is 3.35. The number of nitrogens with one attached hydrogen (secondary N) is 1. The molecule has 0 atom stereocenters. The molecule has 7 nitrogen and oxygen atoms in total. The van der Waals surface area contributed by atoms with Gasteiger partial charge >= 0.3 is 0 Å². The fraction of sp³-hybridized carbons (Fsp3) is 0.250. The summed E-state index contributed by atoms with van der Waals surface area (Å²) in [4.78, 5) is 8.60. The second-order valence-electron chi connectivity index (χ2n) is 5.38. The van der Waals surface area contributed by atoms with Crippen molar-refractivity contribution in [3.05, 3.63) is 54.6 Å². The number of aryl methyl sites for hydroxylation is 2. The third-order valence-corrected chi connectivity index (χ3v) is 5.12. The molecular formula is C16H18N4O3S. The van der Waals surface area contributed by atoms with E-state index in [1.807, 2.05) is 17.8 Å². The van der Waals surface area contributed by atoms with Crippen molar-refractivity contribution in [2.24, 2.45) is 7.05 Å². The summed E-state index contributed by atoms with van der Waals surface area (Å²) < 4.78 is 34.3. The molecule has 1 aromatic carbocycles. The minimum absolute atomic E-state index is 0.214. The maximum Gasteiger partial charge on any atom is 0.240 e. The second-order valence-corrected chi connectivity index (χ2v) is 7.15. The molecule has 0 unspecified atom stereocenters. The molecule has 1 N–H and O–H groups in total. The zero-order chi connectivity index (χ0) is 17.2. The molecule has 0 saturated carbocycles. The molecule has 24 heavy (non-hydrogen) atoms. The number of benzene rings is 1. The number of aromatic nitrogens is 3. The Hall–Kier alpha value is -2.45. The molecule has 0 saturated heterocycles. The zero-order valence-corrected chi connectivity index (χ0v) is 14.2. The Morgan fingerprint density at radius 3 is 2.58 bits per heavy atom. The predicted octanol–water partition coefficient (Wildman–Crippen LogP) is 1.90. The molecule has 2 aromatic heterocycles. The van der Waals surface area contributed by atoms with E-state index in [4.69, 9.17) is 4.42 Å². The lowest BCUT2D eigenvalue weighted by Gasteiger charge is -2.07. The van der Waals surface area contributed by atoms with Gasteiger partial charge < -0.3 is 8.98 Å². The first-order valence-electron chi connectivity index (χ1n) is 7.44. The summed E-state index contributed by atoms with van der Waals surface area (Å²) in [6.07, 6.45) is 5.59. The van der Waals surface area contributed by atoms with E-state index in [1.54, 1.807) is 43.6 Å². The molecular weight excluding hydrogens is 328 g/mol. The van der Waals surface area contributed by atoms with Crippen molar-refractivity contribution in [3.8, 4) is 11.3 Å². The first-order valence-corrected chi connectivity index (χ1v) is 8.92. The normalized spacial score (nSPS) is 11.8. The minimum Gasteiger partial charge on any atom is -0.449 e. The highest BCUT2D eigenvalue weighted by Crippen LogP contribution is 2.20. The van der Waals surface area contributed by atoms with Gasteiger partial charge in [-0.15, -0.1) is 0 Å². The van der Waals surface area contributed by atoms with Gasteiger partial charge in [0.25, 0.3) is 0 Å². The number of nitrogens with zero attached hydrogens (tertiary/aromatic N) is 3. The van der Waals surface area contributed by atoms with E-state index in [0.717, 1.165) is 11.4 Å². The third kappa shape index (κ3) is 3.55. The Kier molecular flexibility index (Phi) is 4.50. The van der Waals surface area contributed by atoms with Crippen LogP contribution in [0, 0.1) is 6.92 Å². The second kappa shape index (κ2) is 6.58. The topological polar surface area (TPSA) is 90.0 Å². The van der Waals surface area contributed by atoms with E-state index in [2.05, 4.69) is 14.7 Å². The lowest BCUT2D eigenvalue weighted by Crippen LogP contribution is -2.26. The van der Waals surface area contributed by atoms with Crippen molar-refractivity contribution in [3.63, 3.8) is 0 Å². The van der Waals surface area contributed by atoms with Gasteiger partial charge in [0.15, 0.2) is 5.89 Å². The quantitative estimate of drug-likeness (QED) is 0.736. The van der Waals surface area contributed by atoms with E-state index < -0.39 is 10.0 Å². The van der Waals surface area contributed by atoms with Gasteiger partial charge in [-0.25, -0.2) is 23.1 Å². The number of sulfonamides is 1. The average Bonchev–Trinajstić information content (AvgIpc) is 3.16. The van der Waals surface area contributed by atoms with Crippen LogP contribution in [0.2, 0.25) is 0 Å². The van der Waals surface area contributed by atoms with Crippen LogP contribution in [0.5, 0.6) is 0 Å². The molecule has 0 aliphatic rings. The number of hydrogen-bond acceptors (Lipinski definition) is 5. The first-order chi connectivity index (χ1) is 11.5. The van der Waals surface area contributed by atoms with Gasteiger partial charge in [-0.3, -0.25) is 0 Å². The van der Waals surface area contributed by atoms with E-state index in [0.29, 0.717) is 18.0 Å². The summed E-state index contributed by atoms with van der Waals surface area (Å²) in [5.74, 6) is 1.40. The maximum absolute atomic E-state index is 12.3. The van der Waals surface area contributed by atoms with Gasteiger partial charge in [-0.05, 0) is 12.1 Å². The van der Waals surface area contributed by atoms with Crippen LogP contribution in [0.4, 0.5) is 0 Å². The van der Waals surface area contributed by atoms with Crippen LogP contribution in [0.1, 0.15) is 11.7 Å². The van der Waals surface area contributed by atoms with Crippen molar-refractivity contribution in [1.29, 1.82) is 0 Å². The Labute approximate surface area is 140 Å². The van der Waals surface area contributed by atoms with Crippen LogP contribution in [0.3, 0.4) is 0 Å². The van der Waals surface area contributed by atoms with Gasteiger partial charge in [0.2, 0.25) is 10.0 Å². The van der Waals surface area contributed by atoms with Gasteiger partial charge in [0.1, 0.15) is 17.8 Å². The summed E-state index contributed by atoms with van der Waals surface area (Å²) in [6.45, 7) is 2.05. The molecule has 0 bridgehead atoms. The number of hydrogen-bond donors (Lipinski definition) is 1. The molecule has 0 aliphatic heterocycles. The lowest BCUT2D eigenvalue weighted by molar-refractivity contribution is 0.521. The first kappa shape index (κ1) is 16.4. The van der Waals surface area contributed by atoms with Crippen molar-refractivity contribution < 1.29 is 12.8 Å². The molecule has 0 fully saturated rings. The van der Waals surface area contributed by atoms with Crippen LogP contribution < -0.4 is 4.72 Å². The highest BCUT2D eigenvalue weighted by Gasteiger charge is 2.14. The summed E-state index contributed by atoms with van der Waals surface area (Å²) in [7, 11) is -1.67. The van der Waals surface area contributed by atoms with Gasteiger partial charge in [0.05, 0.1) is 4.90 Å². The number of oxazole rings is 1. The van der Waals surface area contributed by atoms with Gasteiger partial charge in [-0.2, -0.15) is 0 Å². The molecule has 126 valence electrons. The SMILES string of the molecule is Cc1nc(-c2ccc(S(=O)(=O)NCCc3nccn3C)cc2)co1. The molecule has 0 spiro atoms. The van der Waals surface area contributed by atoms with Crippen molar-refractivity contribution in [2.45, 2.75) is 18.2 Å². The van der Waals surface area contributed by atoms with E-state index in [9.17, 15) is 8.42 Å². The molecule has 0 radical (unpaired) electrons. The van der Waals surface area contributed by atoms with E-state index in [1.165, 1.54) is 0 Å². The highest BCUT2D eigenvalue weighted by molar-refractivity contribution is 7.89. The monoisotopic (exact) mass is 346 g/mol. The Morgan fingerprint density at radius 2 is 2.00 bits per heavy atom. The Morgan fingerprint density at radius 1 is 1.25 bits per heavy atom. The third-order valence-electron chi connectivity index (χ3n) is 3.64. The molecule has 3 aromatic rings. The predicted molar refractivity (Wildman–Crippen MR) is 88.8 cm³/mol. The smallest absolute Gasteiger partial charge is 0.240 e. The number of rotatable bonds is 6. The summed E-state index contributed by atoms with van der Waals surface area (Å²) in [5, 5.41) is 0. The highest BCUT2D eigenvalue weighted by atomic mass is 32.2. The molecule has 3 rings (SSSR count). The van der Waals surface area contributed by atoms with E-state index >= 15 is 0 Å². The van der Waals surface area contributed by atoms with Crippen LogP contribution in [0.25, 0.3) is 11.3 Å². The number of imidazole rings is 1. The standard InChI is InChI=1S/C16H18N4O3S/c1-12-19-15(11-23-12)13-3-5-14(6-4-13)24(21,22)18-8-7-16-17-9-10-20(16)2/h3-6,9-11,18H,7-8H2,1-2H3. The summed E-state index contributed by atoms with van der Waals surface area (Å²) in [6, 6.07) is 6.54. The zero-order valence-electron chi connectivity index (χ0n) is 13.4. The van der Waals surface area contributed by atoms with Crippen LogP contribution in [-0.4, -0.2) is 29.5 Å². The molecule has 0 amide bonds. The fourth-order valence-electron chi connectivity index (χ4n) is 2.32. The molecule has 2 heterocycles. The largest absolute Gasteiger partial charge is 0.449 e. The Balaban J connectivity index is 1.67. The van der Waals surface area contributed by atoms with Crippen molar-refractivity contribution in [2.75, 3.05) is 6.54 Å².